The molecule has 0 unspecified atom stereocenters. The highest BCUT2D eigenvalue weighted by Gasteiger charge is 2.31. The number of carbonyl (C=O) groups excluding carboxylic acids is 1. The third kappa shape index (κ3) is 3.31. The van der Waals surface area contributed by atoms with E-state index in [0.29, 0.717) is 26.4 Å². The number of carbonyl (C=O) groups is 1. The number of hydrogen-bond donors (Lipinski definition) is 2. The Hall–Kier alpha value is -1.30. The number of nitrogens with zero attached hydrogens (tertiary/aromatic N) is 1. The lowest BCUT2D eigenvalue weighted by Gasteiger charge is -2.32. The lowest BCUT2D eigenvalue weighted by atomic mass is 9.94. The number of rotatable bonds is 2. The van der Waals surface area contributed by atoms with E-state index >= 15 is 0 Å². The molecular weight excluding hydrogens is 329 g/mol. The monoisotopic (exact) mass is 343 g/mol. The molecule has 1 amide bonds. The van der Waals surface area contributed by atoms with Crippen molar-refractivity contribution in [2.24, 2.45) is 0 Å². The number of benzene rings is 1. The molecule has 1 atom stereocenters. The van der Waals surface area contributed by atoms with E-state index < -0.39 is 6.04 Å². The van der Waals surface area contributed by atoms with Gasteiger partial charge in [-0.25, -0.2) is 0 Å². The van der Waals surface area contributed by atoms with Crippen LogP contribution in [-0.2, 0) is 4.79 Å². The molecule has 112 valence electrons. The van der Waals surface area contributed by atoms with Crippen LogP contribution >= 0.6 is 35.4 Å². The van der Waals surface area contributed by atoms with Crippen molar-refractivity contribution in [3.8, 4) is 0 Å². The molecule has 1 aromatic rings. The van der Waals surface area contributed by atoms with Crippen LogP contribution in [0.5, 0.6) is 0 Å². The molecule has 0 bridgehead atoms. The molecule has 1 aliphatic rings. The van der Waals surface area contributed by atoms with E-state index in [1.54, 1.807) is 32.3 Å². The van der Waals surface area contributed by atoms with Crippen molar-refractivity contribution < 1.29 is 4.79 Å². The van der Waals surface area contributed by atoms with E-state index in [4.69, 9.17) is 35.4 Å². The van der Waals surface area contributed by atoms with Gasteiger partial charge in [-0.15, -0.1) is 0 Å². The van der Waals surface area contributed by atoms with Crippen LogP contribution in [0.4, 0.5) is 0 Å². The van der Waals surface area contributed by atoms with Crippen LogP contribution in [0, 0.1) is 0 Å². The quantitative estimate of drug-likeness (QED) is 0.810. The Kier molecular flexibility index (Phi) is 4.76. The first kappa shape index (κ1) is 16.1. The van der Waals surface area contributed by atoms with Crippen LogP contribution in [0.1, 0.15) is 18.5 Å². The topological polar surface area (TPSA) is 44.4 Å². The highest BCUT2D eigenvalue weighted by molar-refractivity contribution is 7.80. The molecule has 0 radical (unpaired) electrons. The average Bonchev–Trinajstić information content (AvgIpc) is 2.37. The van der Waals surface area contributed by atoms with Crippen molar-refractivity contribution in [1.29, 1.82) is 0 Å². The zero-order valence-electron chi connectivity index (χ0n) is 11.8. The molecule has 0 saturated carbocycles. The molecule has 1 heterocycles. The lowest BCUT2D eigenvalue weighted by molar-refractivity contribution is -0.125. The molecule has 4 nitrogen and oxygen atoms in total. The summed E-state index contributed by atoms with van der Waals surface area (Å²) in [6.07, 6.45) is 0. The zero-order valence-corrected chi connectivity index (χ0v) is 14.2. The van der Waals surface area contributed by atoms with E-state index in [9.17, 15) is 4.79 Å². The van der Waals surface area contributed by atoms with Gasteiger partial charge in [0.2, 0.25) is 0 Å². The molecule has 0 saturated heterocycles. The van der Waals surface area contributed by atoms with E-state index in [1.807, 2.05) is 6.92 Å². The number of allylic oxidation sites excluding steroid dienone is 1. The fourth-order valence-electron chi connectivity index (χ4n) is 2.19. The number of halogens is 2. The number of thiocarbonyl (C=S) groups is 1. The van der Waals surface area contributed by atoms with Crippen molar-refractivity contribution in [2.45, 2.75) is 13.0 Å². The fraction of sp³-hybridized carbons (Fsp3) is 0.286. The second kappa shape index (κ2) is 6.22. The minimum absolute atomic E-state index is 0.106. The Morgan fingerprint density at radius 3 is 2.57 bits per heavy atom. The van der Waals surface area contributed by atoms with Gasteiger partial charge in [-0.05, 0) is 36.8 Å². The van der Waals surface area contributed by atoms with E-state index in [1.165, 1.54) is 4.90 Å². The molecule has 2 rings (SSSR count). The van der Waals surface area contributed by atoms with Crippen molar-refractivity contribution in [3.05, 3.63) is 45.1 Å². The van der Waals surface area contributed by atoms with E-state index in [2.05, 4.69) is 10.6 Å². The number of likely N-dealkylation sites (N-methyl/N-ethyl adjacent to an activating group) is 1. The highest BCUT2D eigenvalue weighted by Crippen LogP contribution is 2.33. The summed E-state index contributed by atoms with van der Waals surface area (Å²) >= 11 is 17.4. The molecule has 0 aromatic heterocycles. The van der Waals surface area contributed by atoms with Crippen LogP contribution in [-0.4, -0.2) is 30.0 Å². The number of nitrogens with one attached hydrogen (secondary N) is 2. The van der Waals surface area contributed by atoms with Crippen molar-refractivity contribution in [3.63, 3.8) is 0 Å². The van der Waals surface area contributed by atoms with Gasteiger partial charge in [-0.1, -0.05) is 29.3 Å². The molecule has 1 aliphatic heterocycles. The molecule has 2 N–H and O–H groups in total. The first-order valence-electron chi connectivity index (χ1n) is 6.26. The summed E-state index contributed by atoms with van der Waals surface area (Å²) in [5.74, 6) is -0.106. The summed E-state index contributed by atoms with van der Waals surface area (Å²) in [7, 11) is 3.41. The molecule has 0 aliphatic carbocycles. The van der Waals surface area contributed by atoms with Gasteiger partial charge < -0.3 is 15.5 Å². The van der Waals surface area contributed by atoms with Crippen LogP contribution in [0.25, 0.3) is 0 Å². The summed E-state index contributed by atoms with van der Waals surface area (Å²) in [6.45, 7) is 1.82. The molecule has 7 heteroatoms. The number of hydrogen-bond acceptors (Lipinski definition) is 2. The van der Waals surface area contributed by atoms with Gasteiger partial charge in [0, 0.05) is 29.8 Å². The molecule has 0 spiro atoms. The largest absolute Gasteiger partial charge is 0.351 e. The van der Waals surface area contributed by atoms with Crippen LogP contribution < -0.4 is 10.6 Å². The molecule has 0 fully saturated rings. The first-order valence-corrected chi connectivity index (χ1v) is 7.42. The van der Waals surface area contributed by atoms with Crippen LogP contribution in [0.2, 0.25) is 10.0 Å². The third-order valence-electron chi connectivity index (χ3n) is 3.18. The maximum atomic E-state index is 12.5. The first-order chi connectivity index (χ1) is 9.81. The molecule has 1 aromatic carbocycles. The van der Waals surface area contributed by atoms with Gasteiger partial charge in [0.05, 0.1) is 11.6 Å². The number of amides is 1. The Bertz CT molecular complexity index is 643. The summed E-state index contributed by atoms with van der Waals surface area (Å²) in [4.78, 5) is 14.0. The maximum Gasteiger partial charge on any atom is 0.253 e. The van der Waals surface area contributed by atoms with Crippen molar-refractivity contribution in [2.75, 3.05) is 14.1 Å². The Labute approximate surface area is 139 Å². The smallest absolute Gasteiger partial charge is 0.253 e. The Morgan fingerprint density at radius 1 is 1.33 bits per heavy atom. The maximum absolute atomic E-state index is 12.5. The predicted molar refractivity (Wildman–Crippen MR) is 89.5 cm³/mol. The second-order valence-electron chi connectivity index (χ2n) is 4.94. The van der Waals surface area contributed by atoms with Gasteiger partial charge in [0.15, 0.2) is 5.11 Å². The average molecular weight is 344 g/mol. The van der Waals surface area contributed by atoms with E-state index in [-0.39, 0.29) is 5.91 Å². The van der Waals surface area contributed by atoms with Crippen LogP contribution in [0.3, 0.4) is 0 Å². The van der Waals surface area contributed by atoms with Crippen LogP contribution in [0.15, 0.2) is 29.5 Å². The third-order valence-corrected chi connectivity index (χ3v) is 3.96. The van der Waals surface area contributed by atoms with Gasteiger partial charge in [-0.2, -0.15) is 0 Å². The fourth-order valence-corrected chi connectivity index (χ4v) is 2.98. The molecular formula is C14H15Cl2N3OS. The van der Waals surface area contributed by atoms with Crippen molar-refractivity contribution in [1.82, 2.24) is 15.5 Å². The summed E-state index contributed by atoms with van der Waals surface area (Å²) in [6, 6.07) is 4.78. The standard InChI is InChI=1S/C14H15Cl2N3OS/c1-7-11(13(20)19(2)3)12(18-14(21)17-7)9-5-4-8(15)6-10(9)16/h4-6,12H,1-3H3,(H2,17,18,21)/t12-/m1/s1. The summed E-state index contributed by atoms with van der Waals surface area (Å²) in [5, 5.41) is 7.56. The van der Waals surface area contributed by atoms with Gasteiger partial charge in [-0.3, -0.25) is 4.79 Å². The molecule has 21 heavy (non-hydrogen) atoms. The Morgan fingerprint density at radius 2 is 2.00 bits per heavy atom. The predicted octanol–water partition coefficient (Wildman–Crippen LogP) is 2.87. The summed E-state index contributed by atoms with van der Waals surface area (Å²) in [5.41, 5.74) is 2.06. The SMILES string of the molecule is CC1=C(C(=O)N(C)C)[C@@H](c2ccc(Cl)cc2Cl)NC(=S)N1. The minimum atomic E-state index is -0.404. The second-order valence-corrected chi connectivity index (χ2v) is 6.19. The highest BCUT2D eigenvalue weighted by atomic mass is 35.5. The van der Waals surface area contributed by atoms with Gasteiger partial charge in [0.1, 0.15) is 0 Å². The van der Waals surface area contributed by atoms with Gasteiger partial charge >= 0.3 is 0 Å². The normalized spacial score (nSPS) is 18.1. The minimum Gasteiger partial charge on any atom is -0.351 e. The van der Waals surface area contributed by atoms with Crippen molar-refractivity contribution >= 4 is 46.4 Å². The zero-order chi connectivity index (χ0) is 15.7. The van der Waals surface area contributed by atoms with E-state index in [0.717, 1.165) is 5.56 Å². The lowest BCUT2D eigenvalue weighted by Crippen LogP contribution is -2.46. The summed E-state index contributed by atoms with van der Waals surface area (Å²) < 4.78 is 0. The van der Waals surface area contributed by atoms with Gasteiger partial charge in [0.25, 0.3) is 5.91 Å². The Balaban J connectivity index is 2.55.